The number of epoxide rings is 1. The van der Waals surface area contributed by atoms with Crippen LogP contribution in [-0.4, -0.2) is 12.2 Å². The quantitative estimate of drug-likeness (QED) is 0.508. The number of hydrogen-bond donors (Lipinski definition) is 0. The summed E-state index contributed by atoms with van der Waals surface area (Å²) < 4.78 is 5.32. The van der Waals surface area contributed by atoms with Crippen LogP contribution in [-0.2, 0) is 4.74 Å². The maximum Gasteiger partial charge on any atom is 0.148 e. The molecule has 0 aromatic heterocycles. The van der Waals surface area contributed by atoms with Crippen molar-refractivity contribution in [2.45, 2.75) is 19.1 Å². The molecule has 0 spiro atoms. The molecule has 1 fully saturated rings. The van der Waals surface area contributed by atoms with Crippen LogP contribution >= 0.6 is 0 Å². The highest BCUT2D eigenvalue weighted by molar-refractivity contribution is 5.50. The molecule has 0 amide bonds. The van der Waals surface area contributed by atoms with Crippen LogP contribution in [0.5, 0.6) is 0 Å². The van der Waals surface area contributed by atoms with E-state index in [0.717, 1.165) is 0 Å². The Hall–Kier alpha value is -1.52. The van der Waals surface area contributed by atoms with Gasteiger partial charge in [-0.15, -0.1) is 5.92 Å². The van der Waals surface area contributed by atoms with E-state index >= 15 is 0 Å². The summed E-state index contributed by atoms with van der Waals surface area (Å²) in [6.45, 7) is 1.83. The Morgan fingerprint density at radius 2 is 2.07 bits per heavy atom. The number of rotatable bonds is 2. The van der Waals surface area contributed by atoms with Crippen LogP contribution in [0.15, 0.2) is 36.4 Å². The SMILES string of the molecule is CC#C[C@H]1O[C@@H]1/C=C/c1ccccc1. The van der Waals surface area contributed by atoms with Gasteiger partial charge in [0.05, 0.1) is 0 Å². The molecule has 0 saturated carbocycles. The predicted molar refractivity (Wildman–Crippen MR) is 57.6 cm³/mol. The van der Waals surface area contributed by atoms with Crippen LogP contribution in [0.1, 0.15) is 12.5 Å². The molecule has 70 valence electrons. The highest BCUT2D eigenvalue weighted by Gasteiger charge is 2.34. The summed E-state index contributed by atoms with van der Waals surface area (Å²) in [5.74, 6) is 5.83. The van der Waals surface area contributed by atoms with Crippen molar-refractivity contribution in [2.75, 3.05) is 0 Å². The van der Waals surface area contributed by atoms with Gasteiger partial charge in [-0.2, -0.15) is 0 Å². The fraction of sp³-hybridized carbons (Fsp3) is 0.231. The van der Waals surface area contributed by atoms with Gasteiger partial charge < -0.3 is 4.74 Å². The Bertz CT molecular complexity index is 381. The molecule has 1 aromatic carbocycles. The van der Waals surface area contributed by atoms with Gasteiger partial charge >= 0.3 is 0 Å². The van der Waals surface area contributed by atoms with Crippen LogP contribution < -0.4 is 0 Å². The third-order valence-electron chi connectivity index (χ3n) is 2.09. The molecule has 1 nitrogen and oxygen atoms in total. The van der Waals surface area contributed by atoms with Crippen molar-refractivity contribution in [1.29, 1.82) is 0 Å². The standard InChI is InChI=1S/C13H12O/c1-2-6-12-13(14-12)10-9-11-7-4-3-5-8-11/h3-5,7-10,12-13H,1H3/b10-9+/t12-,13-/m1/s1. The van der Waals surface area contributed by atoms with Crippen molar-refractivity contribution < 1.29 is 4.74 Å². The molecule has 0 aliphatic carbocycles. The van der Waals surface area contributed by atoms with Crippen LogP contribution in [0.3, 0.4) is 0 Å². The molecule has 1 heteroatoms. The van der Waals surface area contributed by atoms with E-state index in [1.54, 1.807) is 0 Å². The fourth-order valence-electron chi connectivity index (χ4n) is 1.30. The first-order chi connectivity index (χ1) is 6.90. The Balaban J connectivity index is 1.93. The topological polar surface area (TPSA) is 12.5 Å². The molecule has 14 heavy (non-hydrogen) atoms. The molecular formula is C13H12O. The number of hydrogen-bond acceptors (Lipinski definition) is 1. The van der Waals surface area contributed by atoms with Gasteiger partial charge in [0.15, 0.2) is 0 Å². The molecule has 1 aromatic rings. The summed E-state index contributed by atoms with van der Waals surface area (Å²) in [4.78, 5) is 0. The Labute approximate surface area is 84.4 Å². The van der Waals surface area contributed by atoms with E-state index in [0.29, 0.717) is 0 Å². The zero-order chi connectivity index (χ0) is 9.80. The van der Waals surface area contributed by atoms with E-state index in [-0.39, 0.29) is 12.2 Å². The molecule has 0 N–H and O–H groups in total. The smallest absolute Gasteiger partial charge is 0.148 e. The summed E-state index contributed by atoms with van der Waals surface area (Å²) in [5, 5.41) is 0. The average molecular weight is 184 g/mol. The Kier molecular flexibility index (Phi) is 2.67. The maximum absolute atomic E-state index is 5.32. The first kappa shape index (κ1) is 9.05. The second-order valence-electron chi connectivity index (χ2n) is 3.19. The van der Waals surface area contributed by atoms with Crippen molar-refractivity contribution >= 4 is 6.08 Å². The highest BCUT2D eigenvalue weighted by atomic mass is 16.6. The average Bonchev–Trinajstić information content (AvgIpc) is 2.96. The molecule has 0 unspecified atom stereocenters. The molecule has 2 rings (SSSR count). The Morgan fingerprint density at radius 3 is 2.79 bits per heavy atom. The Morgan fingerprint density at radius 1 is 1.29 bits per heavy atom. The van der Waals surface area contributed by atoms with Crippen molar-refractivity contribution in [2.24, 2.45) is 0 Å². The second kappa shape index (κ2) is 4.13. The van der Waals surface area contributed by atoms with Crippen molar-refractivity contribution in [3.05, 3.63) is 42.0 Å². The minimum absolute atomic E-state index is 0.125. The first-order valence-electron chi connectivity index (χ1n) is 4.71. The summed E-state index contributed by atoms with van der Waals surface area (Å²) in [7, 11) is 0. The molecule has 1 saturated heterocycles. The predicted octanol–water partition coefficient (Wildman–Crippen LogP) is 2.49. The van der Waals surface area contributed by atoms with Gasteiger partial charge in [0.25, 0.3) is 0 Å². The van der Waals surface area contributed by atoms with Crippen LogP contribution in [0, 0.1) is 11.8 Å². The molecule has 0 radical (unpaired) electrons. The molecule has 0 bridgehead atoms. The lowest BCUT2D eigenvalue weighted by Crippen LogP contribution is -1.84. The fourth-order valence-corrected chi connectivity index (χ4v) is 1.30. The van der Waals surface area contributed by atoms with E-state index in [4.69, 9.17) is 4.74 Å². The normalized spacial score (nSPS) is 24.4. The third kappa shape index (κ3) is 2.25. The van der Waals surface area contributed by atoms with E-state index < -0.39 is 0 Å². The van der Waals surface area contributed by atoms with E-state index in [1.807, 2.05) is 25.1 Å². The van der Waals surface area contributed by atoms with Gasteiger partial charge in [-0.3, -0.25) is 0 Å². The van der Waals surface area contributed by atoms with Crippen LogP contribution in [0.4, 0.5) is 0 Å². The first-order valence-corrected chi connectivity index (χ1v) is 4.71. The van der Waals surface area contributed by atoms with Crippen LogP contribution in [0.2, 0.25) is 0 Å². The van der Waals surface area contributed by atoms with Gasteiger partial charge in [0.1, 0.15) is 12.2 Å². The summed E-state index contributed by atoms with van der Waals surface area (Å²) >= 11 is 0. The minimum atomic E-state index is 0.125. The second-order valence-corrected chi connectivity index (χ2v) is 3.19. The van der Waals surface area contributed by atoms with Gasteiger partial charge in [0.2, 0.25) is 0 Å². The molecule has 1 aliphatic rings. The highest BCUT2D eigenvalue weighted by Crippen LogP contribution is 2.23. The van der Waals surface area contributed by atoms with Crippen LogP contribution in [0.25, 0.3) is 6.08 Å². The number of ether oxygens (including phenoxy) is 1. The summed E-state index contributed by atoms with van der Waals surface area (Å²) in [5.41, 5.74) is 1.20. The van der Waals surface area contributed by atoms with Gasteiger partial charge in [-0.25, -0.2) is 0 Å². The molecule has 2 atom stereocenters. The van der Waals surface area contributed by atoms with Gasteiger partial charge in [0, 0.05) is 0 Å². The molecule has 1 heterocycles. The van der Waals surface area contributed by atoms with Gasteiger partial charge in [-0.1, -0.05) is 48.4 Å². The molecular weight excluding hydrogens is 172 g/mol. The van der Waals surface area contributed by atoms with Crippen molar-refractivity contribution in [3.8, 4) is 11.8 Å². The van der Waals surface area contributed by atoms with Gasteiger partial charge in [-0.05, 0) is 12.5 Å². The van der Waals surface area contributed by atoms with E-state index in [9.17, 15) is 0 Å². The largest absolute Gasteiger partial charge is 0.351 e. The lowest BCUT2D eigenvalue weighted by atomic mass is 10.2. The zero-order valence-corrected chi connectivity index (χ0v) is 8.10. The van der Waals surface area contributed by atoms with E-state index in [2.05, 4.69) is 36.1 Å². The lowest BCUT2D eigenvalue weighted by Gasteiger charge is -1.88. The lowest BCUT2D eigenvalue weighted by molar-refractivity contribution is 0.417. The monoisotopic (exact) mass is 184 g/mol. The molecule has 1 aliphatic heterocycles. The third-order valence-corrected chi connectivity index (χ3v) is 2.09. The summed E-state index contributed by atoms with van der Waals surface area (Å²) in [6, 6.07) is 10.2. The maximum atomic E-state index is 5.32. The zero-order valence-electron chi connectivity index (χ0n) is 8.10. The number of benzene rings is 1. The van der Waals surface area contributed by atoms with Crippen molar-refractivity contribution in [1.82, 2.24) is 0 Å². The summed E-state index contributed by atoms with van der Waals surface area (Å²) in [6.07, 6.45) is 4.45. The minimum Gasteiger partial charge on any atom is -0.351 e. The van der Waals surface area contributed by atoms with Crippen molar-refractivity contribution in [3.63, 3.8) is 0 Å². The van der Waals surface area contributed by atoms with E-state index in [1.165, 1.54) is 5.56 Å².